The summed E-state index contributed by atoms with van der Waals surface area (Å²) >= 11 is 5.63. The fraction of sp³-hybridized carbons (Fsp3) is 0.400. The minimum atomic E-state index is 0.133. The molecule has 1 heterocycles. The van der Waals surface area contributed by atoms with Crippen molar-refractivity contribution in [3.63, 3.8) is 0 Å². The number of aromatic nitrogens is 1. The summed E-state index contributed by atoms with van der Waals surface area (Å²) < 4.78 is 9.32. The van der Waals surface area contributed by atoms with E-state index < -0.39 is 0 Å². The lowest BCUT2D eigenvalue weighted by molar-refractivity contribution is 0.177. The summed E-state index contributed by atoms with van der Waals surface area (Å²) in [4.78, 5) is 0. The molecule has 0 amide bonds. The standard InChI is InChI=1S/C5H7ClN2O2/c1-9-2-3-4(6)5(7)10-8-3/h2,7H2,1H3. The Morgan fingerprint density at radius 3 is 2.90 bits per heavy atom. The number of nitrogens with zero attached hydrogens (tertiary/aromatic N) is 1. The Bertz CT molecular complexity index is 223. The number of nitrogens with two attached hydrogens (primary N) is 1. The van der Waals surface area contributed by atoms with E-state index in [-0.39, 0.29) is 5.88 Å². The molecule has 0 radical (unpaired) electrons. The quantitative estimate of drug-likeness (QED) is 0.706. The van der Waals surface area contributed by atoms with Crippen molar-refractivity contribution in [1.29, 1.82) is 0 Å². The van der Waals surface area contributed by atoms with Crippen LogP contribution in [0.4, 0.5) is 5.88 Å². The van der Waals surface area contributed by atoms with Gasteiger partial charge in [0, 0.05) is 7.11 Å². The zero-order valence-electron chi connectivity index (χ0n) is 5.43. The van der Waals surface area contributed by atoms with Crippen molar-refractivity contribution in [3.8, 4) is 0 Å². The highest BCUT2D eigenvalue weighted by atomic mass is 35.5. The van der Waals surface area contributed by atoms with E-state index in [9.17, 15) is 0 Å². The molecular formula is C5H7ClN2O2. The molecule has 0 aliphatic rings. The summed E-state index contributed by atoms with van der Waals surface area (Å²) in [5, 5.41) is 3.88. The van der Waals surface area contributed by atoms with Crippen LogP contribution in [0.3, 0.4) is 0 Å². The Hall–Kier alpha value is -0.740. The Morgan fingerprint density at radius 1 is 1.80 bits per heavy atom. The highest BCUT2D eigenvalue weighted by molar-refractivity contribution is 6.33. The highest BCUT2D eigenvalue weighted by Gasteiger charge is 2.09. The molecule has 10 heavy (non-hydrogen) atoms. The van der Waals surface area contributed by atoms with Gasteiger partial charge in [0.15, 0.2) is 0 Å². The Labute approximate surface area is 62.9 Å². The van der Waals surface area contributed by atoms with E-state index in [1.54, 1.807) is 7.11 Å². The smallest absolute Gasteiger partial charge is 0.241 e. The second kappa shape index (κ2) is 2.90. The van der Waals surface area contributed by atoms with Crippen molar-refractivity contribution < 1.29 is 9.26 Å². The van der Waals surface area contributed by atoms with Gasteiger partial charge in [-0.05, 0) is 0 Å². The van der Waals surface area contributed by atoms with Crippen LogP contribution in [0.5, 0.6) is 0 Å². The number of ether oxygens (including phenoxy) is 1. The van der Waals surface area contributed by atoms with Crippen LogP contribution in [0.1, 0.15) is 5.69 Å². The van der Waals surface area contributed by atoms with Crippen LogP contribution in [0.2, 0.25) is 5.02 Å². The Morgan fingerprint density at radius 2 is 2.50 bits per heavy atom. The molecule has 0 aromatic carbocycles. The Balaban J connectivity index is 2.83. The number of methoxy groups -OCH3 is 1. The lowest BCUT2D eigenvalue weighted by Crippen LogP contribution is -1.87. The van der Waals surface area contributed by atoms with Crippen molar-refractivity contribution >= 4 is 17.5 Å². The van der Waals surface area contributed by atoms with E-state index in [0.717, 1.165) is 0 Å². The molecule has 1 rings (SSSR count). The van der Waals surface area contributed by atoms with E-state index in [1.165, 1.54) is 0 Å². The highest BCUT2D eigenvalue weighted by Crippen LogP contribution is 2.22. The zero-order chi connectivity index (χ0) is 7.56. The molecule has 0 atom stereocenters. The van der Waals surface area contributed by atoms with Gasteiger partial charge in [-0.2, -0.15) is 0 Å². The van der Waals surface area contributed by atoms with Crippen molar-refractivity contribution in [2.75, 3.05) is 12.8 Å². The van der Waals surface area contributed by atoms with E-state index in [1.807, 2.05) is 0 Å². The maximum absolute atomic E-state index is 5.63. The summed E-state index contributed by atoms with van der Waals surface area (Å²) in [5.74, 6) is 0.133. The van der Waals surface area contributed by atoms with Crippen molar-refractivity contribution in [1.82, 2.24) is 5.16 Å². The minimum Gasteiger partial charge on any atom is -0.378 e. The van der Waals surface area contributed by atoms with Crippen LogP contribution in [0.15, 0.2) is 4.52 Å². The molecule has 1 aromatic heterocycles. The van der Waals surface area contributed by atoms with Crippen LogP contribution in [-0.4, -0.2) is 12.3 Å². The van der Waals surface area contributed by atoms with Gasteiger partial charge in [0.1, 0.15) is 10.7 Å². The van der Waals surface area contributed by atoms with E-state index in [4.69, 9.17) is 22.1 Å². The predicted octanol–water partition coefficient (Wildman–Crippen LogP) is 1.06. The largest absolute Gasteiger partial charge is 0.378 e. The third-order valence-corrected chi connectivity index (χ3v) is 1.41. The van der Waals surface area contributed by atoms with E-state index in [0.29, 0.717) is 17.3 Å². The molecule has 0 fully saturated rings. The van der Waals surface area contributed by atoms with Gasteiger partial charge in [-0.3, -0.25) is 0 Å². The van der Waals surface area contributed by atoms with Gasteiger partial charge in [-0.25, -0.2) is 0 Å². The van der Waals surface area contributed by atoms with Gasteiger partial charge >= 0.3 is 0 Å². The van der Waals surface area contributed by atoms with Crippen LogP contribution in [0.25, 0.3) is 0 Å². The molecule has 1 aromatic rings. The van der Waals surface area contributed by atoms with Crippen LogP contribution in [0, 0.1) is 0 Å². The predicted molar refractivity (Wildman–Crippen MR) is 36.6 cm³/mol. The zero-order valence-corrected chi connectivity index (χ0v) is 6.18. The van der Waals surface area contributed by atoms with Gasteiger partial charge in [0.2, 0.25) is 5.88 Å². The van der Waals surface area contributed by atoms with Crippen molar-refractivity contribution in [3.05, 3.63) is 10.7 Å². The Kier molecular flexibility index (Phi) is 2.13. The first-order valence-electron chi connectivity index (χ1n) is 2.64. The number of nitrogen functional groups attached to an aromatic ring is 1. The SMILES string of the molecule is COCc1noc(N)c1Cl. The molecule has 5 heteroatoms. The molecule has 0 saturated carbocycles. The van der Waals surface area contributed by atoms with Gasteiger partial charge in [0.25, 0.3) is 0 Å². The fourth-order valence-corrected chi connectivity index (χ4v) is 0.677. The summed E-state index contributed by atoms with van der Waals surface area (Å²) in [7, 11) is 1.54. The molecule has 0 spiro atoms. The van der Waals surface area contributed by atoms with E-state index in [2.05, 4.69) is 9.68 Å². The summed E-state index contributed by atoms with van der Waals surface area (Å²) in [6, 6.07) is 0. The normalized spacial score (nSPS) is 10.2. The number of hydrogen-bond donors (Lipinski definition) is 1. The monoisotopic (exact) mass is 162 g/mol. The van der Waals surface area contributed by atoms with Gasteiger partial charge < -0.3 is 15.0 Å². The molecule has 0 saturated heterocycles. The topological polar surface area (TPSA) is 61.3 Å². The average molecular weight is 163 g/mol. The van der Waals surface area contributed by atoms with E-state index >= 15 is 0 Å². The van der Waals surface area contributed by atoms with Gasteiger partial charge in [-0.15, -0.1) is 0 Å². The van der Waals surface area contributed by atoms with Crippen LogP contribution >= 0.6 is 11.6 Å². The van der Waals surface area contributed by atoms with Crippen molar-refractivity contribution in [2.45, 2.75) is 6.61 Å². The number of anilines is 1. The molecule has 2 N–H and O–H groups in total. The third kappa shape index (κ3) is 1.22. The first-order valence-corrected chi connectivity index (χ1v) is 3.02. The maximum atomic E-state index is 5.63. The number of hydrogen-bond acceptors (Lipinski definition) is 4. The molecule has 4 nitrogen and oxygen atoms in total. The summed E-state index contributed by atoms with van der Waals surface area (Å²) in [6.07, 6.45) is 0. The summed E-state index contributed by atoms with van der Waals surface area (Å²) in [5.41, 5.74) is 5.78. The molecule has 0 bridgehead atoms. The number of rotatable bonds is 2. The van der Waals surface area contributed by atoms with Crippen LogP contribution < -0.4 is 5.73 Å². The molecule has 56 valence electrons. The molecule has 0 aliphatic carbocycles. The lowest BCUT2D eigenvalue weighted by Gasteiger charge is -1.90. The first kappa shape index (κ1) is 7.37. The summed E-state index contributed by atoms with van der Waals surface area (Å²) in [6.45, 7) is 0.319. The maximum Gasteiger partial charge on any atom is 0.241 e. The molecule has 0 unspecified atom stereocenters. The van der Waals surface area contributed by atoms with Crippen molar-refractivity contribution in [2.24, 2.45) is 0 Å². The first-order chi connectivity index (χ1) is 4.75. The molecule has 0 aliphatic heterocycles. The number of halogens is 1. The van der Waals surface area contributed by atoms with Crippen LogP contribution in [-0.2, 0) is 11.3 Å². The van der Waals surface area contributed by atoms with Gasteiger partial charge in [-0.1, -0.05) is 16.8 Å². The average Bonchev–Trinajstić information content (AvgIpc) is 2.20. The second-order valence-corrected chi connectivity index (χ2v) is 2.12. The van der Waals surface area contributed by atoms with Gasteiger partial charge in [0.05, 0.1) is 6.61 Å². The minimum absolute atomic E-state index is 0.133. The molecular weight excluding hydrogens is 156 g/mol. The fourth-order valence-electron chi connectivity index (χ4n) is 0.553. The second-order valence-electron chi connectivity index (χ2n) is 1.74. The third-order valence-electron chi connectivity index (χ3n) is 1.00. The lowest BCUT2D eigenvalue weighted by atomic mass is 10.4.